The van der Waals surface area contributed by atoms with Gasteiger partial charge in [0.2, 0.25) is 15.9 Å². The van der Waals surface area contributed by atoms with Gasteiger partial charge in [-0.1, -0.05) is 30.0 Å². The minimum absolute atomic E-state index is 0.0534. The van der Waals surface area contributed by atoms with Gasteiger partial charge in [-0.15, -0.1) is 0 Å². The third-order valence-corrected chi connectivity index (χ3v) is 8.35. The molecule has 0 bridgehead atoms. The van der Waals surface area contributed by atoms with Crippen LogP contribution in [0.5, 0.6) is 0 Å². The van der Waals surface area contributed by atoms with Crippen LogP contribution in [0.25, 0.3) is 0 Å². The van der Waals surface area contributed by atoms with Crippen LogP contribution in [0.2, 0.25) is 0 Å². The molecular formula is C21H25N3O3S2. The van der Waals surface area contributed by atoms with Crippen LogP contribution in [0.15, 0.2) is 52.5 Å². The topological polar surface area (TPSA) is 70.6 Å². The molecule has 0 N–H and O–H groups in total. The van der Waals surface area contributed by atoms with Crippen molar-refractivity contribution in [2.24, 2.45) is 0 Å². The molecule has 2 aliphatic rings. The normalized spacial score (nSPS) is 18.4. The molecule has 0 radical (unpaired) electrons. The number of sulfonamides is 1. The summed E-state index contributed by atoms with van der Waals surface area (Å²) in [5.74, 6) is 0.0534. The smallest absolute Gasteiger partial charge is 0.244 e. The Morgan fingerprint density at radius 1 is 1.07 bits per heavy atom. The van der Waals surface area contributed by atoms with E-state index in [1.807, 2.05) is 30.0 Å². The molecule has 0 saturated carbocycles. The van der Waals surface area contributed by atoms with Crippen molar-refractivity contribution in [2.45, 2.75) is 47.8 Å². The Bertz CT molecular complexity index is 986. The molecule has 3 heterocycles. The predicted octanol–water partition coefficient (Wildman–Crippen LogP) is 3.33. The Balaban J connectivity index is 1.45. The second-order valence-corrected chi connectivity index (χ2v) is 10.7. The summed E-state index contributed by atoms with van der Waals surface area (Å²) < 4.78 is 26.7. The predicted molar refractivity (Wildman–Crippen MR) is 115 cm³/mol. The molecule has 1 unspecified atom stereocenters. The number of nitrogens with zero attached hydrogens (tertiary/aromatic N) is 3. The molecular weight excluding hydrogens is 406 g/mol. The minimum atomic E-state index is -3.46. The maximum atomic E-state index is 13.0. The molecule has 29 heavy (non-hydrogen) atoms. The molecule has 1 saturated heterocycles. The number of hydrogen-bond donors (Lipinski definition) is 0. The van der Waals surface area contributed by atoms with Crippen LogP contribution in [0.1, 0.15) is 31.7 Å². The fourth-order valence-electron chi connectivity index (χ4n) is 3.88. The van der Waals surface area contributed by atoms with Crippen molar-refractivity contribution in [1.29, 1.82) is 0 Å². The minimum Gasteiger partial charge on any atom is -0.311 e. The van der Waals surface area contributed by atoms with Crippen LogP contribution in [0, 0.1) is 0 Å². The lowest BCUT2D eigenvalue weighted by atomic mass is 10.0. The van der Waals surface area contributed by atoms with Gasteiger partial charge in [0.05, 0.1) is 10.3 Å². The van der Waals surface area contributed by atoms with Gasteiger partial charge >= 0.3 is 0 Å². The molecule has 0 spiro atoms. The Kier molecular flexibility index (Phi) is 5.94. The van der Waals surface area contributed by atoms with Crippen LogP contribution < -0.4 is 4.90 Å². The van der Waals surface area contributed by atoms with Gasteiger partial charge in [-0.05, 0) is 56.4 Å². The number of benzene rings is 1. The highest BCUT2D eigenvalue weighted by molar-refractivity contribution is 8.00. The number of carbonyl (C=O) groups is 1. The summed E-state index contributed by atoms with van der Waals surface area (Å²) in [6.07, 6.45) is 5.17. The van der Waals surface area contributed by atoms with Gasteiger partial charge in [0.15, 0.2) is 0 Å². The Morgan fingerprint density at radius 3 is 2.55 bits per heavy atom. The molecule has 0 aliphatic carbocycles. The van der Waals surface area contributed by atoms with E-state index in [4.69, 9.17) is 0 Å². The second kappa shape index (κ2) is 8.45. The van der Waals surface area contributed by atoms with E-state index in [0.29, 0.717) is 18.1 Å². The number of aromatic nitrogens is 1. The average molecular weight is 432 g/mol. The van der Waals surface area contributed by atoms with Crippen molar-refractivity contribution in [1.82, 2.24) is 9.29 Å². The van der Waals surface area contributed by atoms with E-state index in [9.17, 15) is 13.2 Å². The molecule has 1 aromatic carbocycles. The van der Waals surface area contributed by atoms with Crippen molar-refractivity contribution < 1.29 is 13.2 Å². The van der Waals surface area contributed by atoms with Gasteiger partial charge < -0.3 is 4.90 Å². The zero-order valence-corrected chi connectivity index (χ0v) is 18.1. The summed E-state index contributed by atoms with van der Waals surface area (Å²) in [5, 5.41) is 0.339. The van der Waals surface area contributed by atoms with Gasteiger partial charge in [0.25, 0.3) is 0 Å². The third-order valence-electron chi connectivity index (χ3n) is 5.43. The molecule has 1 atom stereocenters. The molecule has 4 rings (SSSR count). The lowest BCUT2D eigenvalue weighted by Crippen LogP contribution is -2.40. The Labute approximate surface area is 176 Å². The number of pyridine rings is 1. The number of para-hydroxylation sites is 1. The molecule has 1 aromatic heterocycles. The number of fused-ring (bicyclic) bond motifs is 1. The van der Waals surface area contributed by atoms with E-state index < -0.39 is 10.0 Å². The molecule has 8 heteroatoms. The lowest BCUT2D eigenvalue weighted by molar-refractivity contribution is -0.117. The highest BCUT2D eigenvalue weighted by Crippen LogP contribution is 2.31. The first kappa shape index (κ1) is 20.4. The van der Waals surface area contributed by atoms with E-state index in [2.05, 4.69) is 11.1 Å². The van der Waals surface area contributed by atoms with Gasteiger partial charge in [-0.25, -0.2) is 13.4 Å². The van der Waals surface area contributed by atoms with Crippen LogP contribution in [0.3, 0.4) is 0 Å². The summed E-state index contributed by atoms with van der Waals surface area (Å²) >= 11 is 1.36. The monoisotopic (exact) mass is 431 g/mol. The number of aryl methyl sites for hydroxylation is 1. The largest absolute Gasteiger partial charge is 0.311 e. The van der Waals surface area contributed by atoms with E-state index in [1.165, 1.54) is 27.8 Å². The fourth-order valence-corrected chi connectivity index (χ4v) is 6.19. The molecule has 2 aromatic rings. The second-order valence-electron chi connectivity index (χ2n) is 7.43. The zero-order chi connectivity index (χ0) is 20.4. The van der Waals surface area contributed by atoms with Crippen LogP contribution in [-0.4, -0.2) is 48.5 Å². The number of amides is 1. The Morgan fingerprint density at radius 2 is 1.83 bits per heavy atom. The quantitative estimate of drug-likeness (QED) is 0.679. The summed E-state index contributed by atoms with van der Waals surface area (Å²) in [6, 6.07) is 11.3. The molecule has 154 valence electrons. The number of carbonyl (C=O) groups excluding carboxylic acids is 1. The molecule has 6 nitrogen and oxygen atoms in total. The number of hydrogen-bond acceptors (Lipinski definition) is 5. The molecule has 1 amide bonds. The van der Waals surface area contributed by atoms with Crippen LogP contribution in [0.4, 0.5) is 5.69 Å². The fraction of sp³-hybridized carbons (Fsp3) is 0.429. The maximum Gasteiger partial charge on any atom is 0.244 e. The van der Waals surface area contributed by atoms with E-state index >= 15 is 0 Å². The zero-order valence-electron chi connectivity index (χ0n) is 16.5. The molecule has 1 fully saturated rings. The molecule has 2 aliphatic heterocycles. The van der Waals surface area contributed by atoms with E-state index in [-0.39, 0.29) is 16.1 Å². The van der Waals surface area contributed by atoms with Crippen LogP contribution in [-0.2, 0) is 21.2 Å². The van der Waals surface area contributed by atoms with E-state index in [0.717, 1.165) is 37.9 Å². The number of thioether (sulfide) groups is 1. The van der Waals surface area contributed by atoms with Crippen molar-refractivity contribution in [3.05, 3.63) is 48.2 Å². The highest BCUT2D eigenvalue weighted by Gasteiger charge is 2.29. The summed E-state index contributed by atoms with van der Waals surface area (Å²) in [6.45, 7) is 3.74. The van der Waals surface area contributed by atoms with Gasteiger partial charge in [0.1, 0.15) is 4.90 Å². The van der Waals surface area contributed by atoms with Crippen LogP contribution >= 0.6 is 11.8 Å². The summed E-state index contributed by atoms with van der Waals surface area (Å²) in [5.41, 5.74) is 2.20. The summed E-state index contributed by atoms with van der Waals surface area (Å²) in [7, 11) is -3.46. The third kappa shape index (κ3) is 4.20. The van der Waals surface area contributed by atoms with Gasteiger partial charge in [-0.3, -0.25) is 4.79 Å². The lowest BCUT2D eigenvalue weighted by Gasteiger charge is -2.31. The summed E-state index contributed by atoms with van der Waals surface area (Å²) in [4.78, 5) is 19.4. The van der Waals surface area contributed by atoms with Crippen molar-refractivity contribution in [2.75, 3.05) is 24.5 Å². The average Bonchev–Trinajstić information content (AvgIpc) is 3.29. The first-order chi connectivity index (χ1) is 14.0. The number of rotatable bonds is 5. The van der Waals surface area contributed by atoms with Crippen molar-refractivity contribution >= 4 is 33.4 Å². The van der Waals surface area contributed by atoms with E-state index in [1.54, 1.807) is 12.1 Å². The number of anilines is 1. The van der Waals surface area contributed by atoms with Gasteiger partial charge in [0, 0.05) is 31.5 Å². The first-order valence-electron chi connectivity index (χ1n) is 9.99. The highest BCUT2D eigenvalue weighted by atomic mass is 32.2. The van der Waals surface area contributed by atoms with Crippen molar-refractivity contribution in [3.63, 3.8) is 0 Å². The van der Waals surface area contributed by atoms with Crippen molar-refractivity contribution in [3.8, 4) is 0 Å². The first-order valence-corrected chi connectivity index (χ1v) is 12.3. The SMILES string of the molecule is CC(Sc1ccc(S(=O)(=O)N2CCCC2)cn1)C(=O)N1CCCc2ccccc21. The maximum absolute atomic E-state index is 13.0. The van der Waals surface area contributed by atoms with Gasteiger partial charge in [-0.2, -0.15) is 4.31 Å². The standard InChI is InChI=1S/C21H25N3O3S2/c1-16(21(25)24-14-6-8-17-7-2-3-9-19(17)24)28-20-11-10-18(15-22-20)29(26,27)23-12-4-5-13-23/h2-3,7,9-11,15-16H,4-6,8,12-14H2,1H3. The Hall–Kier alpha value is -1.90.